The van der Waals surface area contributed by atoms with Crippen molar-refractivity contribution >= 4 is 16.0 Å². The van der Waals surface area contributed by atoms with Gasteiger partial charge in [0.2, 0.25) is 0 Å². The van der Waals surface area contributed by atoms with Crippen molar-refractivity contribution in [2.45, 2.75) is 77.0 Å². The summed E-state index contributed by atoms with van der Waals surface area (Å²) in [6.07, 6.45) is 11.7. The Labute approximate surface area is 116 Å². The molecule has 1 heteroatoms. The van der Waals surface area contributed by atoms with E-state index in [9.17, 15) is 0 Å². The molecule has 0 aliphatic heterocycles. The molecule has 0 aromatic rings. The molecule has 2 fully saturated rings. The van der Waals surface area contributed by atoms with E-state index in [2.05, 4.69) is 36.8 Å². The van der Waals surface area contributed by atoms with Crippen molar-refractivity contribution in [1.29, 1.82) is 0 Å². The second-order valence-corrected chi connectivity index (χ2v) is 8.20. The summed E-state index contributed by atoms with van der Waals surface area (Å²) in [5.41, 5.74) is 0.613. The van der Waals surface area contributed by atoms with Crippen LogP contribution in [0.1, 0.15) is 72.1 Å². The third-order valence-electron chi connectivity index (χ3n) is 6.16. The molecule has 5 atom stereocenters. The topological polar surface area (TPSA) is 0 Å². The molecular formula is C16H29Se. The molecule has 17 heavy (non-hydrogen) atoms. The molecule has 0 bridgehead atoms. The first-order valence-corrected chi connectivity index (χ1v) is 8.70. The Morgan fingerprint density at radius 1 is 1.06 bits per heavy atom. The predicted molar refractivity (Wildman–Crippen MR) is 76.4 cm³/mol. The van der Waals surface area contributed by atoms with Crippen LogP contribution in [0.25, 0.3) is 0 Å². The summed E-state index contributed by atoms with van der Waals surface area (Å²) in [5.74, 6) is 2.79. The summed E-state index contributed by atoms with van der Waals surface area (Å²) in [7, 11) is 0. The van der Waals surface area contributed by atoms with Crippen molar-refractivity contribution < 1.29 is 0 Å². The first-order valence-electron chi connectivity index (χ1n) is 7.71. The van der Waals surface area contributed by atoms with E-state index in [1.54, 1.807) is 0 Å². The zero-order chi connectivity index (χ0) is 12.5. The van der Waals surface area contributed by atoms with Crippen molar-refractivity contribution in [2.75, 3.05) is 0 Å². The molecular weight excluding hydrogens is 271 g/mol. The SMILES string of the molecule is CC1CCCCC1(C)C(C)C1CCCCC1[Se]. The fourth-order valence-electron chi connectivity index (χ4n) is 4.40. The van der Waals surface area contributed by atoms with Gasteiger partial charge in [0.1, 0.15) is 0 Å². The summed E-state index contributed by atoms with van der Waals surface area (Å²) in [5, 5.41) is 0. The van der Waals surface area contributed by atoms with Gasteiger partial charge < -0.3 is 0 Å². The second kappa shape index (κ2) is 5.66. The van der Waals surface area contributed by atoms with Crippen LogP contribution in [0.3, 0.4) is 0 Å². The van der Waals surface area contributed by atoms with Gasteiger partial charge in [-0.05, 0) is 0 Å². The normalized spacial score (nSPS) is 45.5. The summed E-state index contributed by atoms with van der Waals surface area (Å²) < 4.78 is 0. The van der Waals surface area contributed by atoms with E-state index in [1.807, 2.05) is 0 Å². The van der Waals surface area contributed by atoms with E-state index in [0.29, 0.717) is 5.41 Å². The Morgan fingerprint density at radius 2 is 1.71 bits per heavy atom. The molecule has 2 rings (SSSR count). The van der Waals surface area contributed by atoms with Gasteiger partial charge in [0.05, 0.1) is 0 Å². The zero-order valence-electron chi connectivity index (χ0n) is 11.9. The minimum absolute atomic E-state index is 0.613. The van der Waals surface area contributed by atoms with Crippen LogP contribution in [0, 0.1) is 23.2 Å². The molecule has 5 unspecified atom stereocenters. The third kappa shape index (κ3) is 2.76. The molecule has 0 amide bonds. The van der Waals surface area contributed by atoms with E-state index in [4.69, 9.17) is 0 Å². The van der Waals surface area contributed by atoms with Crippen molar-refractivity contribution in [3.8, 4) is 0 Å². The third-order valence-corrected chi connectivity index (χ3v) is 7.39. The van der Waals surface area contributed by atoms with Crippen molar-refractivity contribution in [3.05, 3.63) is 0 Å². The second-order valence-electron chi connectivity index (χ2n) is 6.93. The van der Waals surface area contributed by atoms with E-state index >= 15 is 0 Å². The van der Waals surface area contributed by atoms with Crippen LogP contribution in [-0.2, 0) is 0 Å². The van der Waals surface area contributed by atoms with Crippen molar-refractivity contribution in [3.63, 3.8) is 0 Å². The van der Waals surface area contributed by atoms with Gasteiger partial charge in [0, 0.05) is 0 Å². The Morgan fingerprint density at radius 3 is 2.35 bits per heavy atom. The molecule has 2 aliphatic carbocycles. The van der Waals surface area contributed by atoms with Gasteiger partial charge in [0.15, 0.2) is 0 Å². The molecule has 2 aliphatic rings. The molecule has 0 aromatic heterocycles. The van der Waals surface area contributed by atoms with Crippen LogP contribution in [0.4, 0.5) is 0 Å². The van der Waals surface area contributed by atoms with Crippen LogP contribution in [0.2, 0.25) is 4.82 Å². The standard InChI is InChI=1S/C16H29Se/c1-12-8-6-7-11-16(12,3)13(2)14-9-4-5-10-15(14)17/h12-15H,4-11H2,1-3H3. The molecule has 99 valence electrons. The number of hydrogen-bond acceptors (Lipinski definition) is 0. The van der Waals surface area contributed by atoms with E-state index in [-0.39, 0.29) is 0 Å². The maximum atomic E-state index is 3.48. The van der Waals surface area contributed by atoms with Crippen LogP contribution >= 0.6 is 0 Å². The minimum atomic E-state index is 0.613. The van der Waals surface area contributed by atoms with Gasteiger partial charge in [-0.3, -0.25) is 0 Å². The van der Waals surface area contributed by atoms with Crippen LogP contribution in [-0.4, -0.2) is 16.0 Å². The molecule has 0 aromatic carbocycles. The maximum absolute atomic E-state index is 3.48. The molecule has 2 saturated carbocycles. The summed E-state index contributed by atoms with van der Waals surface area (Å²) in [4.78, 5) is 0.852. The molecule has 0 N–H and O–H groups in total. The van der Waals surface area contributed by atoms with Crippen molar-refractivity contribution in [1.82, 2.24) is 0 Å². The quantitative estimate of drug-likeness (QED) is 0.630. The Balaban J connectivity index is 2.08. The molecule has 0 nitrogen and oxygen atoms in total. The monoisotopic (exact) mass is 301 g/mol. The van der Waals surface area contributed by atoms with E-state index < -0.39 is 0 Å². The van der Waals surface area contributed by atoms with Crippen LogP contribution < -0.4 is 0 Å². The number of rotatable bonds is 2. The first kappa shape index (κ1) is 13.9. The van der Waals surface area contributed by atoms with E-state index in [1.165, 1.54) is 51.4 Å². The Kier molecular flexibility index (Phi) is 4.64. The summed E-state index contributed by atoms with van der Waals surface area (Å²) >= 11 is 3.48. The molecule has 1 radical (unpaired) electrons. The number of hydrogen-bond donors (Lipinski definition) is 0. The van der Waals surface area contributed by atoms with Gasteiger partial charge in [0.25, 0.3) is 0 Å². The fourth-order valence-corrected chi connectivity index (χ4v) is 5.53. The van der Waals surface area contributed by atoms with Gasteiger partial charge in [-0.25, -0.2) is 0 Å². The average Bonchev–Trinajstić information content (AvgIpc) is 2.33. The van der Waals surface area contributed by atoms with Gasteiger partial charge in [-0.2, -0.15) is 0 Å². The molecule has 0 heterocycles. The Bertz CT molecular complexity index is 250. The first-order chi connectivity index (χ1) is 8.05. The van der Waals surface area contributed by atoms with Gasteiger partial charge in [-0.1, -0.05) is 0 Å². The van der Waals surface area contributed by atoms with Gasteiger partial charge in [-0.15, -0.1) is 0 Å². The Hall–Kier alpha value is 0.519. The average molecular weight is 300 g/mol. The van der Waals surface area contributed by atoms with Gasteiger partial charge >= 0.3 is 116 Å². The summed E-state index contributed by atoms with van der Waals surface area (Å²) in [6.45, 7) is 7.65. The zero-order valence-corrected chi connectivity index (χ0v) is 13.6. The summed E-state index contributed by atoms with van der Waals surface area (Å²) in [6, 6.07) is 0. The predicted octanol–water partition coefficient (Wildman–Crippen LogP) is 4.99. The molecule has 0 saturated heterocycles. The fraction of sp³-hybridized carbons (Fsp3) is 1.00. The van der Waals surface area contributed by atoms with Crippen molar-refractivity contribution in [2.24, 2.45) is 23.2 Å². The van der Waals surface area contributed by atoms with Crippen LogP contribution in [0.5, 0.6) is 0 Å². The molecule has 0 spiro atoms. The van der Waals surface area contributed by atoms with E-state index in [0.717, 1.165) is 22.6 Å². The van der Waals surface area contributed by atoms with Crippen LogP contribution in [0.15, 0.2) is 0 Å².